The SMILES string of the molecule is Cc1[nH]c2cc(F)ccc2c1C(=O)NCc1ccccn1. The van der Waals surface area contributed by atoms with Crippen molar-refractivity contribution in [3.05, 3.63) is 65.4 Å². The summed E-state index contributed by atoms with van der Waals surface area (Å²) in [4.78, 5) is 19.5. The van der Waals surface area contributed by atoms with Gasteiger partial charge >= 0.3 is 0 Å². The Labute approximate surface area is 121 Å². The molecular formula is C16H14FN3O. The molecule has 0 spiro atoms. The summed E-state index contributed by atoms with van der Waals surface area (Å²) in [5.74, 6) is -0.528. The van der Waals surface area contributed by atoms with E-state index in [0.29, 0.717) is 28.7 Å². The highest BCUT2D eigenvalue weighted by Gasteiger charge is 2.16. The van der Waals surface area contributed by atoms with Crippen molar-refractivity contribution in [2.24, 2.45) is 0 Å². The molecular weight excluding hydrogens is 269 g/mol. The van der Waals surface area contributed by atoms with Crippen LogP contribution in [-0.4, -0.2) is 15.9 Å². The number of aromatic amines is 1. The van der Waals surface area contributed by atoms with E-state index in [4.69, 9.17) is 0 Å². The molecule has 0 aliphatic heterocycles. The van der Waals surface area contributed by atoms with Gasteiger partial charge in [0.05, 0.1) is 17.8 Å². The Morgan fingerprint density at radius 3 is 2.95 bits per heavy atom. The molecule has 0 radical (unpaired) electrons. The zero-order valence-electron chi connectivity index (χ0n) is 11.5. The van der Waals surface area contributed by atoms with E-state index in [9.17, 15) is 9.18 Å². The smallest absolute Gasteiger partial charge is 0.254 e. The van der Waals surface area contributed by atoms with Crippen LogP contribution in [0.2, 0.25) is 0 Å². The molecule has 0 unspecified atom stereocenters. The lowest BCUT2D eigenvalue weighted by molar-refractivity contribution is 0.0951. The molecule has 2 heterocycles. The first-order valence-electron chi connectivity index (χ1n) is 6.61. The maximum Gasteiger partial charge on any atom is 0.254 e. The summed E-state index contributed by atoms with van der Waals surface area (Å²) in [5, 5.41) is 3.55. The highest BCUT2D eigenvalue weighted by molar-refractivity contribution is 6.08. The van der Waals surface area contributed by atoms with E-state index in [1.54, 1.807) is 19.2 Å². The van der Waals surface area contributed by atoms with E-state index in [0.717, 1.165) is 5.69 Å². The molecule has 5 heteroatoms. The second-order valence-corrected chi connectivity index (χ2v) is 4.82. The van der Waals surface area contributed by atoms with E-state index in [1.807, 2.05) is 18.2 Å². The number of H-pyrrole nitrogens is 1. The molecule has 0 bridgehead atoms. The third kappa shape index (κ3) is 2.63. The minimum atomic E-state index is -0.329. The number of halogens is 1. The Morgan fingerprint density at radius 1 is 1.33 bits per heavy atom. The number of hydrogen-bond donors (Lipinski definition) is 2. The summed E-state index contributed by atoms with van der Waals surface area (Å²) in [6, 6.07) is 9.89. The number of benzene rings is 1. The topological polar surface area (TPSA) is 57.8 Å². The summed E-state index contributed by atoms with van der Waals surface area (Å²) in [6.07, 6.45) is 1.68. The zero-order valence-corrected chi connectivity index (χ0v) is 11.5. The summed E-state index contributed by atoms with van der Waals surface area (Å²) in [6.45, 7) is 2.15. The molecule has 1 amide bonds. The summed E-state index contributed by atoms with van der Waals surface area (Å²) < 4.78 is 13.2. The first-order valence-corrected chi connectivity index (χ1v) is 6.61. The van der Waals surface area contributed by atoms with Crippen LogP contribution >= 0.6 is 0 Å². The molecule has 3 aromatic rings. The summed E-state index contributed by atoms with van der Waals surface area (Å²) >= 11 is 0. The van der Waals surface area contributed by atoms with Gasteiger partial charge in [-0.2, -0.15) is 0 Å². The van der Waals surface area contributed by atoms with Gasteiger partial charge in [0.1, 0.15) is 5.82 Å². The van der Waals surface area contributed by atoms with Gasteiger partial charge in [-0.15, -0.1) is 0 Å². The minimum Gasteiger partial charge on any atom is -0.358 e. The Morgan fingerprint density at radius 2 is 2.19 bits per heavy atom. The lowest BCUT2D eigenvalue weighted by Gasteiger charge is -2.05. The van der Waals surface area contributed by atoms with E-state index < -0.39 is 0 Å². The molecule has 0 fully saturated rings. The van der Waals surface area contributed by atoms with E-state index in [1.165, 1.54) is 12.1 Å². The van der Waals surface area contributed by atoms with Gasteiger partial charge in [-0.3, -0.25) is 9.78 Å². The van der Waals surface area contributed by atoms with Crippen molar-refractivity contribution in [3.63, 3.8) is 0 Å². The average molecular weight is 283 g/mol. The molecule has 2 aromatic heterocycles. The van der Waals surface area contributed by atoms with Crippen LogP contribution in [0.5, 0.6) is 0 Å². The van der Waals surface area contributed by atoms with Gasteiger partial charge in [-0.25, -0.2) is 4.39 Å². The molecule has 0 saturated heterocycles. The van der Waals surface area contributed by atoms with Crippen LogP contribution in [0.1, 0.15) is 21.7 Å². The van der Waals surface area contributed by atoms with E-state index >= 15 is 0 Å². The molecule has 1 aromatic carbocycles. The number of nitrogens with one attached hydrogen (secondary N) is 2. The van der Waals surface area contributed by atoms with Crippen LogP contribution in [0.25, 0.3) is 10.9 Å². The maximum absolute atomic E-state index is 13.2. The Balaban J connectivity index is 1.86. The number of carbonyl (C=O) groups is 1. The Bertz CT molecular complexity index is 796. The molecule has 0 atom stereocenters. The van der Waals surface area contributed by atoms with Gasteiger partial charge < -0.3 is 10.3 Å². The van der Waals surface area contributed by atoms with Crippen molar-refractivity contribution in [2.45, 2.75) is 13.5 Å². The number of aryl methyl sites for hydroxylation is 1. The number of aromatic nitrogens is 2. The molecule has 0 aliphatic carbocycles. The Hall–Kier alpha value is -2.69. The molecule has 0 aliphatic rings. The minimum absolute atomic E-state index is 0.198. The van der Waals surface area contributed by atoms with Crippen LogP contribution in [-0.2, 0) is 6.54 Å². The summed E-state index contributed by atoms with van der Waals surface area (Å²) in [5.41, 5.74) is 2.67. The first-order chi connectivity index (χ1) is 10.1. The lowest BCUT2D eigenvalue weighted by Crippen LogP contribution is -2.23. The summed E-state index contributed by atoms with van der Waals surface area (Å²) in [7, 11) is 0. The molecule has 21 heavy (non-hydrogen) atoms. The number of fused-ring (bicyclic) bond motifs is 1. The maximum atomic E-state index is 13.2. The monoisotopic (exact) mass is 283 g/mol. The van der Waals surface area contributed by atoms with Crippen LogP contribution in [0, 0.1) is 12.7 Å². The Kier molecular flexibility index (Phi) is 3.39. The van der Waals surface area contributed by atoms with Crippen LogP contribution in [0.3, 0.4) is 0 Å². The van der Waals surface area contributed by atoms with Crippen LogP contribution in [0.15, 0.2) is 42.6 Å². The van der Waals surface area contributed by atoms with Crippen molar-refractivity contribution in [3.8, 4) is 0 Å². The number of amides is 1. The van der Waals surface area contributed by atoms with Crippen molar-refractivity contribution in [2.75, 3.05) is 0 Å². The number of carbonyl (C=O) groups excluding carboxylic acids is 1. The van der Waals surface area contributed by atoms with Crippen molar-refractivity contribution < 1.29 is 9.18 Å². The first kappa shape index (κ1) is 13.3. The number of rotatable bonds is 3. The van der Waals surface area contributed by atoms with Crippen molar-refractivity contribution >= 4 is 16.8 Å². The van der Waals surface area contributed by atoms with Crippen molar-refractivity contribution in [1.29, 1.82) is 0 Å². The van der Waals surface area contributed by atoms with Crippen molar-refractivity contribution in [1.82, 2.24) is 15.3 Å². The zero-order chi connectivity index (χ0) is 14.8. The fourth-order valence-corrected chi connectivity index (χ4v) is 2.36. The highest BCUT2D eigenvalue weighted by atomic mass is 19.1. The number of nitrogens with zero attached hydrogens (tertiary/aromatic N) is 1. The number of pyridine rings is 1. The fourth-order valence-electron chi connectivity index (χ4n) is 2.36. The fraction of sp³-hybridized carbons (Fsp3) is 0.125. The third-order valence-electron chi connectivity index (χ3n) is 3.33. The molecule has 106 valence electrons. The molecule has 0 saturated carbocycles. The highest BCUT2D eigenvalue weighted by Crippen LogP contribution is 2.22. The molecule has 3 rings (SSSR count). The average Bonchev–Trinajstić information content (AvgIpc) is 2.81. The van der Waals surface area contributed by atoms with E-state index in [2.05, 4.69) is 15.3 Å². The van der Waals surface area contributed by atoms with Gasteiger partial charge in [0.25, 0.3) is 5.91 Å². The molecule has 2 N–H and O–H groups in total. The van der Waals surface area contributed by atoms with Crippen LogP contribution in [0.4, 0.5) is 4.39 Å². The van der Waals surface area contributed by atoms with Gasteiger partial charge in [-0.1, -0.05) is 6.07 Å². The molecule has 4 nitrogen and oxygen atoms in total. The van der Waals surface area contributed by atoms with Gasteiger partial charge in [0.2, 0.25) is 0 Å². The second-order valence-electron chi connectivity index (χ2n) is 4.82. The normalized spacial score (nSPS) is 10.8. The van der Waals surface area contributed by atoms with Crippen LogP contribution < -0.4 is 5.32 Å². The van der Waals surface area contributed by atoms with Gasteiger partial charge in [0, 0.05) is 22.8 Å². The predicted octanol–water partition coefficient (Wildman–Crippen LogP) is 2.94. The van der Waals surface area contributed by atoms with E-state index in [-0.39, 0.29) is 11.7 Å². The van der Waals surface area contributed by atoms with Gasteiger partial charge in [0.15, 0.2) is 0 Å². The third-order valence-corrected chi connectivity index (χ3v) is 3.33. The largest absolute Gasteiger partial charge is 0.358 e. The number of hydrogen-bond acceptors (Lipinski definition) is 2. The quantitative estimate of drug-likeness (QED) is 0.776. The standard InChI is InChI=1S/C16H14FN3O/c1-10-15(13-6-5-11(17)8-14(13)20-10)16(21)19-9-12-4-2-3-7-18-12/h2-8,20H,9H2,1H3,(H,19,21). The lowest BCUT2D eigenvalue weighted by atomic mass is 10.1. The predicted molar refractivity (Wildman–Crippen MR) is 78.4 cm³/mol. The second kappa shape index (κ2) is 5.36. The van der Waals surface area contributed by atoms with Gasteiger partial charge in [-0.05, 0) is 37.3 Å².